The highest BCUT2D eigenvalue weighted by Gasteiger charge is 2.12. The van der Waals surface area contributed by atoms with Gasteiger partial charge in [0.2, 0.25) is 5.91 Å². The van der Waals surface area contributed by atoms with Gasteiger partial charge in [0.15, 0.2) is 5.16 Å². The molecule has 1 aromatic heterocycles. The van der Waals surface area contributed by atoms with Crippen LogP contribution in [0.2, 0.25) is 10.0 Å². The second kappa shape index (κ2) is 9.28. The Kier molecular flexibility index (Phi) is 6.79. The third-order valence-corrected chi connectivity index (χ3v) is 5.41. The molecule has 0 aliphatic heterocycles. The lowest BCUT2D eigenvalue weighted by Crippen LogP contribution is -2.14. The zero-order chi connectivity index (χ0) is 19.2. The van der Waals surface area contributed by atoms with Gasteiger partial charge in [-0.15, -0.1) is 0 Å². The summed E-state index contributed by atoms with van der Waals surface area (Å²) in [6.07, 6.45) is 1.80. The van der Waals surface area contributed by atoms with Crippen LogP contribution in [0.5, 0.6) is 0 Å². The zero-order valence-electron chi connectivity index (χ0n) is 14.2. The second-order valence-corrected chi connectivity index (χ2v) is 7.51. The van der Waals surface area contributed by atoms with Crippen LogP contribution in [0.4, 0.5) is 5.69 Å². The number of rotatable bonds is 7. The highest BCUT2D eigenvalue weighted by Crippen LogP contribution is 2.25. The Labute approximate surface area is 171 Å². The third kappa shape index (κ3) is 5.49. The molecule has 0 aliphatic carbocycles. The van der Waals surface area contributed by atoms with Crippen LogP contribution in [0.15, 0.2) is 59.9 Å². The van der Waals surface area contributed by atoms with Gasteiger partial charge in [0.05, 0.1) is 28.1 Å². The van der Waals surface area contributed by atoms with E-state index in [0.29, 0.717) is 33.1 Å². The van der Waals surface area contributed by atoms with Crippen molar-refractivity contribution in [1.82, 2.24) is 9.55 Å². The van der Waals surface area contributed by atoms with Crippen LogP contribution in [-0.2, 0) is 17.9 Å². The molecule has 0 saturated carbocycles. The van der Waals surface area contributed by atoms with Crippen molar-refractivity contribution in [2.45, 2.75) is 18.3 Å². The molecule has 140 valence electrons. The molecule has 2 aromatic carbocycles. The molecule has 0 aliphatic rings. The van der Waals surface area contributed by atoms with Crippen LogP contribution in [0.25, 0.3) is 0 Å². The Morgan fingerprint density at radius 1 is 1.15 bits per heavy atom. The highest BCUT2D eigenvalue weighted by molar-refractivity contribution is 7.99. The van der Waals surface area contributed by atoms with E-state index in [1.807, 2.05) is 34.9 Å². The van der Waals surface area contributed by atoms with Crippen molar-refractivity contribution in [3.8, 4) is 0 Å². The van der Waals surface area contributed by atoms with Crippen LogP contribution in [0.3, 0.4) is 0 Å². The number of imidazole rings is 1. The first-order valence-corrected chi connectivity index (χ1v) is 9.88. The number of aliphatic hydroxyl groups excluding tert-OH is 1. The molecule has 27 heavy (non-hydrogen) atoms. The molecule has 2 N–H and O–H groups in total. The molecule has 0 atom stereocenters. The number of halogens is 2. The van der Waals surface area contributed by atoms with E-state index < -0.39 is 0 Å². The van der Waals surface area contributed by atoms with E-state index in [1.165, 1.54) is 11.8 Å². The maximum absolute atomic E-state index is 12.2. The minimum Gasteiger partial charge on any atom is -0.390 e. The van der Waals surface area contributed by atoms with Gasteiger partial charge in [0.1, 0.15) is 0 Å². The van der Waals surface area contributed by atoms with Crippen LogP contribution >= 0.6 is 35.0 Å². The number of benzene rings is 2. The average Bonchev–Trinajstić information content (AvgIpc) is 3.06. The largest absolute Gasteiger partial charge is 0.390 e. The van der Waals surface area contributed by atoms with Crippen LogP contribution in [-0.4, -0.2) is 26.3 Å². The highest BCUT2D eigenvalue weighted by atomic mass is 35.5. The fraction of sp³-hybridized carbons (Fsp3) is 0.158. The van der Waals surface area contributed by atoms with Gasteiger partial charge in [-0.2, -0.15) is 0 Å². The Morgan fingerprint density at radius 2 is 1.93 bits per heavy atom. The summed E-state index contributed by atoms with van der Waals surface area (Å²) in [4.78, 5) is 16.6. The van der Waals surface area contributed by atoms with Gasteiger partial charge >= 0.3 is 0 Å². The first-order chi connectivity index (χ1) is 13.0. The molecule has 0 saturated heterocycles. The van der Waals surface area contributed by atoms with Crippen molar-refractivity contribution in [2.24, 2.45) is 0 Å². The fourth-order valence-corrected chi connectivity index (χ4v) is 3.53. The van der Waals surface area contributed by atoms with E-state index in [1.54, 1.807) is 24.4 Å². The number of carbonyl (C=O) groups excluding carboxylic acids is 1. The van der Waals surface area contributed by atoms with Crippen LogP contribution in [0.1, 0.15) is 11.3 Å². The number of hydrogen-bond acceptors (Lipinski definition) is 4. The molecule has 0 spiro atoms. The molecule has 8 heteroatoms. The Balaban J connectivity index is 1.65. The van der Waals surface area contributed by atoms with E-state index in [2.05, 4.69) is 10.3 Å². The maximum atomic E-state index is 12.2. The Hall–Kier alpha value is -1.99. The summed E-state index contributed by atoms with van der Waals surface area (Å²) >= 11 is 13.1. The Morgan fingerprint density at radius 3 is 2.63 bits per heavy atom. The predicted molar refractivity (Wildman–Crippen MR) is 110 cm³/mol. The SMILES string of the molecule is O=C(CSc1nc(CO)cn1Cc1ccccc1)Nc1ccc(Cl)c(Cl)c1. The molecular formula is C19H17Cl2N3O2S. The van der Waals surface area contributed by atoms with E-state index in [4.69, 9.17) is 23.2 Å². The summed E-state index contributed by atoms with van der Waals surface area (Å²) < 4.78 is 1.93. The number of anilines is 1. The quantitative estimate of drug-likeness (QED) is 0.552. The molecule has 1 amide bonds. The molecule has 3 rings (SSSR count). The van der Waals surface area contributed by atoms with Crippen molar-refractivity contribution in [2.75, 3.05) is 11.1 Å². The first kappa shape index (κ1) is 19.8. The first-order valence-electron chi connectivity index (χ1n) is 8.13. The van der Waals surface area contributed by atoms with Gasteiger partial charge < -0.3 is 15.0 Å². The molecule has 3 aromatic rings. The lowest BCUT2D eigenvalue weighted by Gasteiger charge is -2.08. The number of aliphatic hydroxyl groups is 1. The van der Waals surface area contributed by atoms with Gasteiger partial charge in [-0.05, 0) is 23.8 Å². The Bertz CT molecular complexity index is 932. The number of aromatic nitrogens is 2. The smallest absolute Gasteiger partial charge is 0.234 e. The molecule has 0 bridgehead atoms. The molecule has 0 radical (unpaired) electrons. The minimum atomic E-state index is -0.182. The summed E-state index contributed by atoms with van der Waals surface area (Å²) in [5.41, 5.74) is 2.26. The lowest BCUT2D eigenvalue weighted by molar-refractivity contribution is -0.113. The zero-order valence-corrected chi connectivity index (χ0v) is 16.6. The van der Waals surface area contributed by atoms with Crippen LogP contribution < -0.4 is 5.32 Å². The molecular weight excluding hydrogens is 405 g/mol. The summed E-state index contributed by atoms with van der Waals surface area (Å²) in [5, 5.41) is 13.6. The van der Waals surface area contributed by atoms with Crippen molar-refractivity contribution in [3.05, 3.63) is 76.0 Å². The van der Waals surface area contributed by atoms with Crippen LogP contribution in [0, 0.1) is 0 Å². The van der Waals surface area contributed by atoms with E-state index in [9.17, 15) is 9.90 Å². The van der Waals surface area contributed by atoms with Gasteiger partial charge in [-0.3, -0.25) is 4.79 Å². The number of nitrogens with one attached hydrogen (secondary N) is 1. The molecule has 1 heterocycles. The summed E-state index contributed by atoms with van der Waals surface area (Å²) in [5.74, 6) is -0.00473. The molecule has 0 fully saturated rings. The van der Waals surface area contributed by atoms with E-state index >= 15 is 0 Å². The van der Waals surface area contributed by atoms with E-state index in [0.717, 1.165) is 5.56 Å². The summed E-state index contributed by atoms with van der Waals surface area (Å²) in [6, 6.07) is 14.9. The van der Waals surface area contributed by atoms with Gasteiger partial charge in [0.25, 0.3) is 0 Å². The molecule has 0 unspecified atom stereocenters. The van der Waals surface area contributed by atoms with Crippen molar-refractivity contribution in [3.63, 3.8) is 0 Å². The van der Waals surface area contributed by atoms with Crippen molar-refractivity contribution in [1.29, 1.82) is 0 Å². The second-order valence-electron chi connectivity index (χ2n) is 5.75. The van der Waals surface area contributed by atoms with Crippen molar-refractivity contribution < 1.29 is 9.90 Å². The maximum Gasteiger partial charge on any atom is 0.234 e. The normalized spacial score (nSPS) is 10.8. The number of carbonyl (C=O) groups is 1. The van der Waals surface area contributed by atoms with Crippen molar-refractivity contribution >= 4 is 46.6 Å². The average molecular weight is 422 g/mol. The van der Waals surface area contributed by atoms with Gasteiger partial charge in [-0.25, -0.2) is 4.98 Å². The third-order valence-electron chi connectivity index (χ3n) is 3.68. The lowest BCUT2D eigenvalue weighted by atomic mass is 10.2. The van der Waals surface area contributed by atoms with Gasteiger partial charge in [0, 0.05) is 18.4 Å². The molecule has 5 nitrogen and oxygen atoms in total. The number of hydrogen-bond donors (Lipinski definition) is 2. The number of nitrogens with zero attached hydrogens (tertiary/aromatic N) is 2. The standard InChI is InChI=1S/C19H17Cl2N3O2S/c20-16-7-6-14(8-17(16)21)22-18(26)12-27-19-23-15(11-25)10-24(19)9-13-4-2-1-3-5-13/h1-8,10,25H,9,11-12H2,(H,22,26). The topological polar surface area (TPSA) is 67.1 Å². The van der Waals surface area contributed by atoms with Gasteiger partial charge in [-0.1, -0.05) is 65.3 Å². The number of amides is 1. The van der Waals surface area contributed by atoms with E-state index in [-0.39, 0.29) is 18.3 Å². The summed E-state index contributed by atoms with van der Waals surface area (Å²) in [7, 11) is 0. The monoisotopic (exact) mass is 421 g/mol. The predicted octanol–water partition coefficient (Wildman–Crippen LogP) is 4.46. The fourth-order valence-electron chi connectivity index (χ4n) is 2.44. The summed E-state index contributed by atoms with van der Waals surface area (Å²) in [6.45, 7) is 0.468. The minimum absolute atomic E-state index is 0.148. The number of thioether (sulfide) groups is 1.